The predicted molar refractivity (Wildman–Crippen MR) is 71.1 cm³/mol. The zero-order valence-electron chi connectivity index (χ0n) is 10.3. The van der Waals surface area contributed by atoms with Crippen molar-refractivity contribution in [3.8, 4) is 0 Å². The number of aromatic carboxylic acids is 1. The zero-order chi connectivity index (χ0) is 12.5. The fraction of sp³-hybridized carbons (Fsp3) is 0.400. The van der Waals surface area contributed by atoms with Crippen molar-refractivity contribution in [2.45, 2.75) is 38.0 Å². The summed E-state index contributed by atoms with van der Waals surface area (Å²) >= 11 is 0. The van der Waals surface area contributed by atoms with E-state index in [0.29, 0.717) is 11.5 Å². The van der Waals surface area contributed by atoms with E-state index in [1.165, 1.54) is 37.8 Å². The lowest BCUT2D eigenvalue weighted by Crippen LogP contribution is -2.05. The molecule has 1 heterocycles. The number of fused-ring (bicyclic) bond motifs is 1. The van der Waals surface area contributed by atoms with Gasteiger partial charge in [0.2, 0.25) is 0 Å². The van der Waals surface area contributed by atoms with Crippen LogP contribution in [0, 0.1) is 0 Å². The molecule has 1 aromatic carbocycles. The number of benzene rings is 1. The molecule has 3 nitrogen and oxygen atoms in total. The van der Waals surface area contributed by atoms with Gasteiger partial charge in [0.05, 0.1) is 5.56 Å². The van der Waals surface area contributed by atoms with Gasteiger partial charge in [0.1, 0.15) is 0 Å². The topological polar surface area (TPSA) is 53.1 Å². The van der Waals surface area contributed by atoms with E-state index in [9.17, 15) is 9.90 Å². The number of carbonyl (C=O) groups is 1. The van der Waals surface area contributed by atoms with Crippen molar-refractivity contribution >= 4 is 16.7 Å². The Morgan fingerprint density at radius 1 is 1.17 bits per heavy atom. The minimum absolute atomic E-state index is 0.394. The summed E-state index contributed by atoms with van der Waals surface area (Å²) in [6, 6.07) is 5.54. The van der Waals surface area contributed by atoms with Crippen molar-refractivity contribution in [3.05, 3.63) is 35.7 Å². The lowest BCUT2D eigenvalue weighted by molar-refractivity contribution is 0.0699. The van der Waals surface area contributed by atoms with Crippen LogP contribution in [-0.2, 0) is 0 Å². The number of nitrogens with one attached hydrogen (secondary N) is 1. The largest absolute Gasteiger partial charge is 0.478 e. The fourth-order valence-corrected chi connectivity index (χ4v) is 3.10. The number of rotatable bonds is 2. The monoisotopic (exact) mass is 243 g/mol. The first kappa shape index (κ1) is 11.3. The van der Waals surface area contributed by atoms with Gasteiger partial charge in [0.25, 0.3) is 0 Å². The molecule has 0 saturated heterocycles. The van der Waals surface area contributed by atoms with Crippen LogP contribution >= 0.6 is 0 Å². The normalized spacial score (nSPS) is 17.1. The number of H-pyrrole nitrogens is 1. The van der Waals surface area contributed by atoms with Crippen molar-refractivity contribution in [3.63, 3.8) is 0 Å². The smallest absolute Gasteiger partial charge is 0.336 e. The van der Waals surface area contributed by atoms with Gasteiger partial charge in [0, 0.05) is 22.7 Å². The van der Waals surface area contributed by atoms with Crippen LogP contribution in [0.5, 0.6) is 0 Å². The molecule has 0 unspecified atom stereocenters. The quantitative estimate of drug-likeness (QED) is 0.840. The molecule has 2 N–H and O–H groups in total. The molecule has 0 aliphatic heterocycles. The standard InChI is InChI=1S/C15H17NO2/c17-15(18)12-8-4-7-11-13(12)9-16-14(11)10-5-2-1-3-6-10/h4,7-10,16H,1-3,5-6H2,(H,17,18). The maximum Gasteiger partial charge on any atom is 0.336 e. The van der Waals surface area contributed by atoms with Crippen LogP contribution < -0.4 is 0 Å². The van der Waals surface area contributed by atoms with E-state index >= 15 is 0 Å². The second-order valence-electron chi connectivity index (χ2n) is 5.11. The first-order chi connectivity index (χ1) is 8.77. The van der Waals surface area contributed by atoms with E-state index in [2.05, 4.69) is 4.98 Å². The first-order valence-electron chi connectivity index (χ1n) is 6.60. The summed E-state index contributed by atoms with van der Waals surface area (Å²) in [5.74, 6) is -0.282. The van der Waals surface area contributed by atoms with E-state index in [0.717, 1.165) is 10.8 Å². The van der Waals surface area contributed by atoms with Crippen molar-refractivity contribution in [1.82, 2.24) is 4.98 Å². The molecule has 2 aromatic rings. The van der Waals surface area contributed by atoms with Gasteiger partial charge in [-0.05, 0) is 24.8 Å². The van der Waals surface area contributed by atoms with Gasteiger partial charge >= 0.3 is 5.97 Å². The molecule has 0 amide bonds. The van der Waals surface area contributed by atoms with E-state index in [4.69, 9.17) is 0 Å². The molecule has 1 saturated carbocycles. The van der Waals surface area contributed by atoms with E-state index in [1.54, 1.807) is 6.07 Å². The first-order valence-corrected chi connectivity index (χ1v) is 6.60. The molecule has 18 heavy (non-hydrogen) atoms. The average Bonchev–Trinajstić information content (AvgIpc) is 2.83. The predicted octanol–water partition coefficient (Wildman–Crippen LogP) is 3.91. The Bertz CT molecular complexity index is 579. The molecule has 1 aliphatic carbocycles. The number of hydrogen-bond donors (Lipinski definition) is 2. The molecule has 1 aliphatic rings. The minimum Gasteiger partial charge on any atom is -0.478 e. The highest BCUT2D eigenvalue weighted by Crippen LogP contribution is 2.36. The Kier molecular flexibility index (Phi) is 2.82. The van der Waals surface area contributed by atoms with Crippen molar-refractivity contribution in [1.29, 1.82) is 0 Å². The Labute approximate surface area is 106 Å². The highest BCUT2D eigenvalue weighted by atomic mass is 16.4. The van der Waals surface area contributed by atoms with Gasteiger partial charge in [-0.3, -0.25) is 0 Å². The minimum atomic E-state index is -0.852. The molecule has 0 atom stereocenters. The fourth-order valence-electron chi connectivity index (χ4n) is 3.10. The van der Waals surface area contributed by atoms with Crippen molar-refractivity contribution < 1.29 is 9.90 Å². The number of hydrogen-bond acceptors (Lipinski definition) is 1. The second-order valence-corrected chi connectivity index (χ2v) is 5.11. The highest BCUT2D eigenvalue weighted by molar-refractivity contribution is 6.04. The molecule has 1 aromatic heterocycles. The molecule has 0 spiro atoms. The molecule has 3 heteroatoms. The van der Waals surface area contributed by atoms with Crippen LogP contribution in [0.1, 0.15) is 54.1 Å². The summed E-state index contributed by atoms with van der Waals surface area (Å²) in [4.78, 5) is 14.5. The number of aromatic amines is 1. The van der Waals surface area contributed by atoms with Gasteiger partial charge in [-0.25, -0.2) is 4.79 Å². The van der Waals surface area contributed by atoms with Crippen LogP contribution in [-0.4, -0.2) is 16.1 Å². The highest BCUT2D eigenvalue weighted by Gasteiger charge is 2.20. The molecule has 0 radical (unpaired) electrons. The molecule has 1 fully saturated rings. The van der Waals surface area contributed by atoms with E-state index in [-0.39, 0.29) is 0 Å². The maximum atomic E-state index is 11.2. The summed E-state index contributed by atoms with van der Waals surface area (Å²) in [5, 5.41) is 11.1. The van der Waals surface area contributed by atoms with Crippen LogP contribution in [0.3, 0.4) is 0 Å². The van der Waals surface area contributed by atoms with Crippen LogP contribution in [0.4, 0.5) is 0 Å². The Hall–Kier alpha value is -1.77. The third kappa shape index (κ3) is 1.80. The molecule has 0 bridgehead atoms. The zero-order valence-corrected chi connectivity index (χ0v) is 10.3. The van der Waals surface area contributed by atoms with Crippen LogP contribution in [0.15, 0.2) is 24.4 Å². The van der Waals surface area contributed by atoms with E-state index in [1.807, 2.05) is 18.3 Å². The van der Waals surface area contributed by atoms with Gasteiger partial charge in [-0.15, -0.1) is 0 Å². The summed E-state index contributed by atoms with van der Waals surface area (Å²) in [6.45, 7) is 0. The maximum absolute atomic E-state index is 11.2. The SMILES string of the molecule is O=C(O)c1cccc2c(C3CCCCC3)[nH]cc12. The summed E-state index contributed by atoms with van der Waals surface area (Å²) < 4.78 is 0. The van der Waals surface area contributed by atoms with Gasteiger partial charge < -0.3 is 10.1 Å². The summed E-state index contributed by atoms with van der Waals surface area (Å²) in [5.41, 5.74) is 1.62. The molecular formula is C15H17NO2. The third-order valence-electron chi connectivity index (χ3n) is 4.01. The molecular weight excluding hydrogens is 226 g/mol. The Morgan fingerprint density at radius 3 is 2.67 bits per heavy atom. The van der Waals surface area contributed by atoms with Gasteiger partial charge in [-0.2, -0.15) is 0 Å². The van der Waals surface area contributed by atoms with Crippen LogP contribution in [0.2, 0.25) is 0 Å². The number of carboxylic acids is 1. The van der Waals surface area contributed by atoms with Gasteiger partial charge in [-0.1, -0.05) is 31.4 Å². The molecule has 3 rings (SSSR count). The Balaban J connectivity index is 2.08. The lowest BCUT2D eigenvalue weighted by Gasteiger charge is -2.21. The summed E-state index contributed by atoms with van der Waals surface area (Å²) in [6.07, 6.45) is 8.17. The van der Waals surface area contributed by atoms with Gasteiger partial charge in [0.15, 0.2) is 0 Å². The Morgan fingerprint density at radius 2 is 1.94 bits per heavy atom. The third-order valence-corrected chi connectivity index (χ3v) is 4.01. The molecule has 94 valence electrons. The number of carboxylic acid groups (broad SMARTS) is 1. The lowest BCUT2D eigenvalue weighted by atomic mass is 9.85. The average molecular weight is 243 g/mol. The van der Waals surface area contributed by atoms with Crippen molar-refractivity contribution in [2.24, 2.45) is 0 Å². The van der Waals surface area contributed by atoms with Crippen LogP contribution in [0.25, 0.3) is 10.8 Å². The summed E-state index contributed by atoms with van der Waals surface area (Å²) in [7, 11) is 0. The van der Waals surface area contributed by atoms with E-state index < -0.39 is 5.97 Å². The van der Waals surface area contributed by atoms with Crippen molar-refractivity contribution in [2.75, 3.05) is 0 Å². The second kappa shape index (κ2) is 4.48. The number of aromatic nitrogens is 1.